The number of rotatable bonds is 3. The van der Waals surface area contributed by atoms with Crippen LogP contribution in [0.15, 0.2) is 10.6 Å². The maximum absolute atomic E-state index is 11.6. The number of amides is 2. The van der Waals surface area contributed by atoms with E-state index in [-0.39, 0.29) is 11.8 Å². The van der Waals surface area contributed by atoms with Crippen molar-refractivity contribution >= 4 is 27.7 Å². The van der Waals surface area contributed by atoms with Gasteiger partial charge in [-0.15, -0.1) is 0 Å². The minimum atomic E-state index is -0.206. The molecule has 2 amide bonds. The highest BCUT2D eigenvalue weighted by Gasteiger charge is 2.29. The highest BCUT2D eigenvalue weighted by molar-refractivity contribution is 9.12. The summed E-state index contributed by atoms with van der Waals surface area (Å²) < 4.78 is 0.371. The predicted octanol–water partition coefficient (Wildman–Crippen LogP) is 1.12. The standard InChI is InChI=1S/C11H15BrN2O2/c12-9-8-10(15)14(11(9)16)7-6-13-4-2-1-3-5-13/h8H,1-7H2. The monoisotopic (exact) mass is 286 g/mol. The fourth-order valence-corrected chi connectivity index (χ4v) is 2.52. The molecule has 0 N–H and O–H groups in total. The zero-order valence-corrected chi connectivity index (χ0v) is 10.7. The molecule has 0 atom stereocenters. The molecule has 0 unspecified atom stereocenters. The SMILES string of the molecule is O=C1C=C(Br)C(=O)N1CCN1CCCCC1. The van der Waals surface area contributed by atoms with Crippen LogP contribution in [0.2, 0.25) is 0 Å². The van der Waals surface area contributed by atoms with E-state index in [0.717, 1.165) is 19.6 Å². The lowest BCUT2D eigenvalue weighted by Gasteiger charge is -2.27. The molecule has 0 spiro atoms. The Hall–Kier alpha value is -0.680. The van der Waals surface area contributed by atoms with Gasteiger partial charge < -0.3 is 4.90 Å². The van der Waals surface area contributed by atoms with Crippen LogP contribution < -0.4 is 0 Å². The molecule has 88 valence electrons. The van der Waals surface area contributed by atoms with Gasteiger partial charge in [0.25, 0.3) is 11.8 Å². The van der Waals surface area contributed by atoms with E-state index >= 15 is 0 Å². The molecule has 0 bridgehead atoms. The van der Waals surface area contributed by atoms with Crippen LogP contribution in [0.4, 0.5) is 0 Å². The van der Waals surface area contributed by atoms with Gasteiger partial charge in [0, 0.05) is 19.2 Å². The van der Waals surface area contributed by atoms with Crippen LogP contribution in [0.1, 0.15) is 19.3 Å². The van der Waals surface area contributed by atoms with Crippen molar-refractivity contribution in [3.63, 3.8) is 0 Å². The second kappa shape index (κ2) is 5.10. The van der Waals surface area contributed by atoms with Gasteiger partial charge in [-0.1, -0.05) is 6.42 Å². The van der Waals surface area contributed by atoms with Crippen LogP contribution in [0.25, 0.3) is 0 Å². The van der Waals surface area contributed by atoms with Crippen molar-refractivity contribution in [3.05, 3.63) is 10.6 Å². The van der Waals surface area contributed by atoms with Gasteiger partial charge in [-0.25, -0.2) is 0 Å². The van der Waals surface area contributed by atoms with E-state index in [0.29, 0.717) is 11.0 Å². The lowest BCUT2D eigenvalue weighted by molar-refractivity contribution is -0.137. The van der Waals surface area contributed by atoms with Crippen LogP contribution in [0.3, 0.4) is 0 Å². The second-order valence-electron chi connectivity index (χ2n) is 4.19. The number of hydrogen-bond acceptors (Lipinski definition) is 3. The molecule has 0 aromatic heterocycles. The maximum atomic E-state index is 11.6. The van der Waals surface area contributed by atoms with E-state index in [4.69, 9.17) is 0 Å². The van der Waals surface area contributed by atoms with Crippen molar-refractivity contribution in [2.24, 2.45) is 0 Å². The normalized spacial score (nSPS) is 22.8. The van der Waals surface area contributed by atoms with Crippen molar-refractivity contribution in [1.82, 2.24) is 9.80 Å². The van der Waals surface area contributed by atoms with Gasteiger partial charge in [0.15, 0.2) is 0 Å². The molecule has 2 aliphatic rings. The third-order valence-electron chi connectivity index (χ3n) is 3.05. The first-order chi connectivity index (χ1) is 7.68. The summed E-state index contributed by atoms with van der Waals surface area (Å²) in [5, 5.41) is 0. The molecule has 16 heavy (non-hydrogen) atoms. The molecule has 4 nitrogen and oxygen atoms in total. The molecule has 0 aliphatic carbocycles. The predicted molar refractivity (Wildman–Crippen MR) is 64.0 cm³/mol. The van der Waals surface area contributed by atoms with Crippen LogP contribution in [-0.4, -0.2) is 47.8 Å². The van der Waals surface area contributed by atoms with E-state index in [1.54, 1.807) is 0 Å². The summed E-state index contributed by atoms with van der Waals surface area (Å²) in [5.41, 5.74) is 0. The molecule has 1 fully saturated rings. The molecule has 0 radical (unpaired) electrons. The minimum absolute atomic E-state index is 0.200. The van der Waals surface area contributed by atoms with E-state index in [9.17, 15) is 9.59 Å². The summed E-state index contributed by atoms with van der Waals surface area (Å²) >= 11 is 3.09. The Kier molecular flexibility index (Phi) is 3.76. The summed E-state index contributed by atoms with van der Waals surface area (Å²) in [6.45, 7) is 3.48. The lowest BCUT2D eigenvalue weighted by Crippen LogP contribution is -2.40. The van der Waals surface area contributed by atoms with E-state index in [1.807, 2.05) is 0 Å². The Balaban J connectivity index is 1.82. The highest BCUT2D eigenvalue weighted by Crippen LogP contribution is 2.18. The lowest BCUT2D eigenvalue weighted by atomic mass is 10.1. The Labute approximate surface area is 103 Å². The summed E-state index contributed by atoms with van der Waals surface area (Å²) in [7, 11) is 0. The third kappa shape index (κ3) is 2.52. The highest BCUT2D eigenvalue weighted by atomic mass is 79.9. The van der Waals surface area contributed by atoms with Crippen molar-refractivity contribution in [3.8, 4) is 0 Å². The van der Waals surface area contributed by atoms with Gasteiger partial charge >= 0.3 is 0 Å². The third-order valence-corrected chi connectivity index (χ3v) is 3.62. The van der Waals surface area contributed by atoms with Gasteiger partial charge in [0.1, 0.15) is 0 Å². The molecular formula is C11H15BrN2O2. The number of carbonyl (C=O) groups is 2. The van der Waals surface area contributed by atoms with Crippen molar-refractivity contribution in [2.75, 3.05) is 26.2 Å². The summed E-state index contributed by atoms with van der Waals surface area (Å²) in [4.78, 5) is 26.6. The Morgan fingerprint density at radius 1 is 1.12 bits per heavy atom. The minimum Gasteiger partial charge on any atom is -0.302 e. The number of nitrogens with zero attached hydrogens (tertiary/aromatic N) is 2. The number of carbonyl (C=O) groups excluding carboxylic acids is 2. The number of hydrogen-bond donors (Lipinski definition) is 0. The maximum Gasteiger partial charge on any atom is 0.267 e. The van der Waals surface area contributed by atoms with Gasteiger partial charge in [-0.3, -0.25) is 14.5 Å². The van der Waals surface area contributed by atoms with E-state index < -0.39 is 0 Å². The zero-order chi connectivity index (χ0) is 11.5. The van der Waals surface area contributed by atoms with Gasteiger partial charge in [0.2, 0.25) is 0 Å². The zero-order valence-electron chi connectivity index (χ0n) is 9.12. The van der Waals surface area contributed by atoms with Gasteiger partial charge in [-0.05, 0) is 41.9 Å². The van der Waals surface area contributed by atoms with Crippen LogP contribution in [0.5, 0.6) is 0 Å². The summed E-state index contributed by atoms with van der Waals surface area (Å²) in [6.07, 6.45) is 5.09. The molecule has 5 heteroatoms. The van der Waals surface area contributed by atoms with Crippen molar-refractivity contribution in [2.45, 2.75) is 19.3 Å². The van der Waals surface area contributed by atoms with E-state index in [2.05, 4.69) is 20.8 Å². The second-order valence-corrected chi connectivity index (χ2v) is 5.04. The molecule has 0 aromatic rings. The van der Waals surface area contributed by atoms with Gasteiger partial charge in [0.05, 0.1) is 4.48 Å². The fraction of sp³-hybridized carbons (Fsp3) is 0.636. The average molecular weight is 287 g/mol. The van der Waals surface area contributed by atoms with Gasteiger partial charge in [-0.2, -0.15) is 0 Å². The Morgan fingerprint density at radius 3 is 2.38 bits per heavy atom. The molecule has 2 heterocycles. The first-order valence-corrected chi connectivity index (χ1v) is 6.43. The van der Waals surface area contributed by atoms with E-state index in [1.165, 1.54) is 30.2 Å². The first kappa shape index (κ1) is 11.8. The Bertz CT molecular complexity index is 335. The summed E-state index contributed by atoms with van der Waals surface area (Å²) in [6, 6.07) is 0. The molecule has 0 saturated carbocycles. The average Bonchev–Trinajstić information content (AvgIpc) is 2.53. The fourth-order valence-electron chi connectivity index (χ4n) is 2.11. The van der Waals surface area contributed by atoms with Crippen LogP contribution >= 0.6 is 15.9 Å². The quantitative estimate of drug-likeness (QED) is 0.730. The van der Waals surface area contributed by atoms with Crippen LogP contribution in [0, 0.1) is 0 Å². The molecule has 2 aliphatic heterocycles. The number of likely N-dealkylation sites (tertiary alicyclic amines) is 1. The topological polar surface area (TPSA) is 40.6 Å². The smallest absolute Gasteiger partial charge is 0.267 e. The number of halogens is 1. The Morgan fingerprint density at radius 2 is 1.81 bits per heavy atom. The number of piperidine rings is 1. The summed E-state index contributed by atoms with van der Waals surface area (Å²) in [5.74, 6) is -0.407. The molecule has 0 aromatic carbocycles. The molecular weight excluding hydrogens is 272 g/mol. The molecule has 1 saturated heterocycles. The first-order valence-electron chi connectivity index (χ1n) is 5.64. The van der Waals surface area contributed by atoms with Crippen molar-refractivity contribution < 1.29 is 9.59 Å². The largest absolute Gasteiger partial charge is 0.302 e. The molecule has 2 rings (SSSR count). The van der Waals surface area contributed by atoms with Crippen molar-refractivity contribution in [1.29, 1.82) is 0 Å². The number of imide groups is 1. The van der Waals surface area contributed by atoms with Crippen LogP contribution in [-0.2, 0) is 9.59 Å².